The van der Waals surface area contributed by atoms with Crippen LogP contribution in [0, 0.1) is 13.8 Å². The first-order valence-corrected chi connectivity index (χ1v) is 10.4. The maximum atomic E-state index is 12.5. The number of hydrogen-bond acceptors (Lipinski definition) is 5. The van der Waals surface area contributed by atoms with E-state index in [1.54, 1.807) is 43.3 Å². The first kappa shape index (κ1) is 18.4. The van der Waals surface area contributed by atoms with E-state index in [9.17, 15) is 13.2 Å². The molecule has 0 bridgehead atoms. The highest BCUT2D eigenvalue weighted by molar-refractivity contribution is 7.92. The van der Waals surface area contributed by atoms with Crippen LogP contribution in [0.1, 0.15) is 27.7 Å². The lowest BCUT2D eigenvalue weighted by molar-refractivity contribution is 0.0531. The van der Waals surface area contributed by atoms with Gasteiger partial charge in [-0.15, -0.1) is 11.3 Å². The van der Waals surface area contributed by atoms with E-state index in [0.29, 0.717) is 17.2 Å². The van der Waals surface area contributed by atoms with Crippen LogP contribution in [0.15, 0.2) is 47.4 Å². The van der Waals surface area contributed by atoms with Crippen molar-refractivity contribution in [1.29, 1.82) is 0 Å². The number of hydrogen-bond donors (Lipinski definition) is 1. The Kier molecular flexibility index (Phi) is 5.02. The Morgan fingerprint density at radius 1 is 1.12 bits per heavy atom. The van der Waals surface area contributed by atoms with E-state index in [4.69, 9.17) is 4.74 Å². The van der Waals surface area contributed by atoms with Crippen LogP contribution in [0.5, 0.6) is 0 Å². The number of anilines is 1. The summed E-state index contributed by atoms with van der Waals surface area (Å²) in [6, 6.07) is 11.9. The molecule has 3 rings (SSSR count). The average Bonchev–Trinajstić information content (AvgIpc) is 2.92. The third-order valence-corrected chi connectivity index (χ3v) is 6.63. The van der Waals surface area contributed by atoms with Crippen molar-refractivity contribution in [2.75, 3.05) is 11.3 Å². The number of thiophene rings is 1. The minimum absolute atomic E-state index is 0.206. The molecular formula is C19H19NO4S2. The van der Waals surface area contributed by atoms with Gasteiger partial charge in [0, 0.05) is 10.4 Å². The molecule has 1 N–H and O–H groups in total. The number of fused-ring (bicyclic) bond motifs is 1. The number of sulfonamides is 1. The summed E-state index contributed by atoms with van der Waals surface area (Å²) in [6.07, 6.45) is 0. The van der Waals surface area contributed by atoms with Crippen molar-refractivity contribution < 1.29 is 17.9 Å². The number of ether oxygens (including phenoxy) is 1. The standard InChI is InChI=1S/C19H19NO4S2/c1-4-24-19(21)18-13(3)16-11-14(7-10-17(16)25-18)20-26(22,23)15-8-5-12(2)6-9-15/h5-11,20H,4H2,1-3H3. The summed E-state index contributed by atoms with van der Waals surface area (Å²) in [5.74, 6) is -0.354. The Hall–Kier alpha value is -2.38. The molecule has 136 valence electrons. The Morgan fingerprint density at radius 2 is 1.81 bits per heavy atom. The zero-order valence-electron chi connectivity index (χ0n) is 14.7. The molecule has 5 nitrogen and oxygen atoms in total. The van der Waals surface area contributed by atoms with Crippen molar-refractivity contribution in [2.24, 2.45) is 0 Å². The SMILES string of the molecule is CCOC(=O)c1sc2ccc(NS(=O)(=O)c3ccc(C)cc3)cc2c1C. The summed E-state index contributed by atoms with van der Waals surface area (Å²) in [4.78, 5) is 12.8. The van der Waals surface area contributed by atoms with Crippen molar-refractivity contribution in [3.8, 4) is 0 Å². The van der Waals surface area contributed by atoms with Crippen LogP contribution in [-0.4, -0.2) is 21.0 Å². The van der Waals surface area contributed by atoms with Crippen molar-refractivity contribution in [2.45, 2.75) is 25.7 Å². The third kappa shape index (κ3) is 3.59. The Morgan fingerprint density at radius 3 is 2.46 bits per heavy atom. The minimum atomic E-state index is -3.67. The molecule has 1 aromatic heterocycles. The van der Waals surface area contributed by atoms with Gasteiger partial charge in [0.05, 0.1) is 11.5 Å². The fourth-order valence-electron chi connectivity index (χ4n) is 2.61. The predicted octanol–water partition coefficient (Wildman–Crippen LogP) is 4.50. The van der Waals surface area contributed by atoms with E-state index >= 15 is 0 Å². The van der Waals surface area contributed by atoms with E-state index in [-0.39, 0.29) is 10.9 Å². The van der Waals surface area contributed by atoms with Gasteiger partial charge in [-0.05, 0) is 62.1 Å². The van der Waals surface area contributed by atoms with Gasteiger partial charge in [0.15, 0.2) is 0 Å². The van der Waals surface area contributed by atoms with E-state index < -0.39 is 10.0 Å². The summed E-state index contributed by atoms with van der Waals surface area (Å²) in [7, 11) is -3.67. The van der Waals surface area contributed by atoms with Crippen LogP contribution in [0.4, 0.5) is 5.69 Å². The van der Waals surface area contributed by atoms with Crippen LogP contribution >= 0.6 is 11.3 Å². The van der Waals surface area contributed by atoms with Gasteiger partial charge in [-0.2, -0.15) is 0 Å². The van der Waals surface area contributed by atoms with Gasteiger partial charge >= 0.3 is 5.97 Å². The summed E-state index contributed by atoms with van der Waals surface area (Å²) in [6.45, 7) is 5.81. The zero-order chi connectivity index (χ0) is 18.9. The first-order chi connectivity index (χ1) is 12.3. The summed E-state index contributed by atoms with van der Waals surface area (Å²) < 4.78 is 33.7. The van der Waals surface area contributed by atoms with Gasteiger partial charge in [-0.1, -0.05) is 17.7 Å². The monoisotopic (exact) mass is 389 g/mol. The summed E-state index contributed by atoms with van der Waals surface area (Å²) in [5.41, 5.74) is 2.24. The molecule has 0 fully saturated rings. The molecule has 0 atom stereocenters. The summed E-state index contributed by atoms with van der Waals surface area (Å²) in [5, 5.41) is 0.835. The maximum absolute atomic E-state index is 12.5. The molecule has 0 unspecified atom stereocenters. The van der Waals surface area contributed by atoms with E-state index in [2.05, 4.69) is 4.72 Å². The van der Waals surface area contributed by atoms with Crippen LogP contribution < -0.4 is 4.72 Å². The van der Waals surface area contributed by atoms with Crippen molar-refractivity contribution in [3.63, 3.8) is 0 Å². The molecule has 7 heteroatoms. The maximum Gasteiger partial charge on any atom is 0.348 e. The molecule has 0 saturated heterocycles. The second-order valence-corrected chi connectivity index (χ2v) is 8.64. The number of esters is 1. The van der Waals surface area contributed by atoms with E-state index in [0.717, 1.165) is 21.2 Å². The van der Waals surface area contributed by atoms with Gasteiger partial charge in [-0.25, -0.2) is 13.2 Å². The fourth-order valence-corrected chi connectivity index (χ4v) is 4.74. The van der Waals surface area contributed by atoms with Gasteiger partial charge in [0.1, 0.15) is 4.88 Å². The number of rotatable bonds is 5. The number of benzene rings is 2. The molecule has 0 spiro atoms. The quantitative estimate of drug-likeness (QED) is 0.652. The third-order valence-electron chi connectivity index (χ3n) is 3.98. The normalized spacial score (nSPS) is 11.5. The highest BCUT2D eigenvalue weighted by Gasteiger charge is 2.18. The lowest BCUT2D eigenvalue weighted by Crippen LogP contribution is -2.12. The Balaban J connectivity index is 1.95. The molecule has 0 aliphatic carbocycles. The lowest BCUT2D eigenvalue weighted by Gasteiger charge is -2.08. The topological polar surface area (TPSA) is 72.5 Å². The molecule has 2 aromatic carbocycles. The highest BCUT2D eigenvalue weighted by Crippen LogP contribution is 2.33. The zero-order valence-corrected chi connectivity index (χ0v) is 16.3. The first-order valence-electron chi connectivity index (χ1n) is 8.11. The van der Waals surface area contributed by atoms with Crippen molar-refractivity contribution >= 4 is 43.1 Å². The smallest absolute Gasteiger partial charge is 0.348 e. The number of aryl methyl sites for hydroxylation is 2. The number of carbonyl (C=O) groups is 1. The fraction of sp³-hybridized carbons (Fsp3) is 0.211. The molecule has 0 radical (unpaired) electrons. The van der Waals surface area contributed by atoms with Crippen molar-refractivity contribution in [1.82, 2.24) is 0 Å². The predicted molar refractivity (Wildman–Crippen MR) is 105 cm³/mol. The molecular weight excluding hydrogens is 370 g/mol. The highest BCUT2D eigenvalue weighted by atomic mass is 32.2. The van der Waals surface area contributed by atoms with E-state index in [1.807, 2.05) is 19.9 Å². The molecule has 0 saturated carbocycles. The Bertz CT molecular complexity index is 1070. The molecule has 0 aliphatic heterocycles. The molecule has 26 heavy (non-hydrogen) atoms. The van der Waals surface area contributed by atoms with Gasteiger partial charge < -0.3 is 4.74 Å². The van der Waals surface area contributed by atoms with Crippen LogP contribution in [0.2, 0.25) is 0 Å². The molecule has 0 amide bonds. The second-order valence-electron chi connectivity index (χ2n) is 5.91. The number of nitrogens with one attached hydrogen (secondary N) is 1. The average molecular weight is 389 g/mol. The minimum Gasteiger partial charge on any atom is -0.462 e. The van der Waals surface area contributed by atoms with Crippen molar-refractivity contribution in [3.05, 3.63) is 58.5 Å². The van der Waals surface area contributed by atoms with Crippen LogP contribution in [0.3, 0.4) is 0 Å². The Labute approximate surface area is 156 Å². The summed E-state index contributed by atoms with van der Waals surface area (Å²) >= 11 is 1.34. The van der Waals surface area contributed by atoms with Gasteiger partial charge in [-0.3, -0.25) is 4.72 Å². The van der Waals surface area contributed by atoms with E-state index in [1.165, 1.54) is 11.3 Å². The van der Waals surface area contributed by atoms with Crippen LogP contribution in [-0.2, 0) is 14.8 Å². The largest absolute Gasteiger partial charge is 0.462 e. The van der Waals surface area contributed by atoms with Gasteiger partial charge in [0.2, 0.25) is 0 Å². The molecule has 0 aliphatic rings. The molecule has 3 aromatic rings. The van der Waals surface area contributed by atoms with Gasteiger partial charge in [0.25, 0.3) is 10.0 Å². The molecule has 1 heterocycles. The number of carbonyl (C=O) groups excluding carboxylic acids is 1. The lowest BCUT2D eigenvalue weighted by atomic mass is 10.1. The van der Waals surface area contributed by atoms with Crippen LogP contribution in [0.25, 0.3) is 10.1 Å². The second kappa shape index (κ2) is 7.09.